The average Bonchev–Trinajstić information content (AvgIpc) is 2.28. The minimum absolute atomic E-state index is 0.0479. The zero-order valence-corrected chi connectivity index (χ0v) is 10.5. The van der Waals surface area contributed by atoms with Gasteiger partial charge in [-0.05, 0) is 31.5 Å². The van der Waals surface area contributed by atoms with Gasteiger partial charge in [0, 0.05) is 19.7 Å². The van der Waals surface area contributed by atoms with Crippen LogP contribution in [0.25, 0.3) is 0 Å². The van der Waals surface area contributed by atoms with Gasteiger partial charge < -0.3 is 4.90 Å². The Hall–Kier alpha value is -1.93. The van der Waals surface area contributed by atoms with Gasteiger partial charge in [-0.3, -0.25) is 4.79 Å². The van der Waals surface area contributed by atoms with Crippen LogP contribution in [0.1, 0.15) is 29.8 Å². The molecule has 17 heavy (non-hydrogen) atoms. The number of nitrogens with zero attached hydrogens (tertiary/aromatic N) is 2. The minimum atomic E-state index is -0.610. The van der Waals surface area contributed by atoms with E-state index in [1.807, 2.05) is 13.8 Å². The molecule has 0 atom stereocenters. The van der Waals surface area contributed by atoms with Gasteiger partial charge in [0.1, 0.15) is 0 Å². The van der Waals surface area contributed by atoms with Gasteiger partial charge in [-0.1, -0.05) is 12.1 Å². The van der Waals surface area contributed by atoms with E-state index in [-0.39, 0.29) is 5.91 Å². The Kier molecular flexibility index (Phi) is 3.81. The Morgan fingerprint density at radius 2 is 1.76 bits per heavy atom. The van der Waals surface area contributed by atoms with E-state index in [0.717, 1.165) is 5.56 Å². The SMILES string of the molecule is CN(C)C(=O)c1ccc(C(C)(C)N=C=O)cc1. The second-order valence-corrected chi connectivity index (χ2v) is 4.54. The molecule has 1 amide bonds. The van der Waals surface area contributed by atoms with Crippen LogP contribution in [0.5, 0.6) is 0 Å². The molecule has 0 unspecified atom stereocenters. The topological polar surface area (TPSA) is 49.7 Å². The fourth-order valence-corrected chi connectivity index (χ4v) is 1.46. The van der Waals surface area contributed by atoms with Crippen LogP contribution >= 0.6 is 0 Å². The van der Waals surface area contributed by atoms with Crippen molar-refractivity contribution in [3.8, 4) is 0 Å². The van der Waals surface area contributed by atoms with Gasteiger partial charge >= 0.3 is 0 Å². The van der Waals surface area contributed by atoms with Crippen molar-refractivity contribution in [2.24, 2.45) is 4.99 Å². The lowest BCUT2D eigenvalue weighted by atomic mass is 9.94. The predicted molar refractivity (Wildman–Crippen MR) is 65.6 cm³/mol. The highest BCUT2D eigenvalue weighted by Gasteiger charge is 2.19. The van der Waals surface area contributed by atoms with Crippen molar-refractivity contribution >= 4 is 12.0 Å². The quantitative estimate of drug-likeness (QED) is 0.591. The molecule has 0 aliphatic carbocycles. The molecule has 4 heteroatoms. The van der Waals surface area contributed by atoms with Crippen molar-refractivity contribution in [1.82, 2.24) is 4.90 Å². The maximum atomic E-state index is 11.7. The van der Waals surface area contributed by atoms with Gasteiger partial charge in [0.05, 0.1) is 5.54 Å². The summed E-state index contributed by atoms with van der Waals surface area (Å²) in [5, 5.41) is 0. The molecule has 1 aromatic rings. The molecule has 0 fully saturated rings. The van der Waals surface area contributed by atoms with E-state index < -0.39 is 5.54 Å². The van der Waals surface area contributed by atoms with E-state index in [1.165, 1.54) is 4.90 Å². The fraction of sp³-hybridized carbons (Fsp3) is 0.385. The Bertz CT molecular complexity index is 455. The van der Waals surface area contributed by atoms with Crippen LogP contribution in [0.15, 0.2) is 29.3 Å². The second kappa shape index (κ2) is 4.93. The first kappa shape index (κ1) is 13.1. The summed E-state index contributed by atoms with van der Waals surface area (Å²) in [6, 6.07) is 7.08. The highest BCUT2D eigenvalue weighted by Crippen LogP contribution is 2.24. The lowest BCUT2D eigenvalue weighted by Crippen LogP contribution is -2.22. The van der Waals surface area contributed by atoms with E-state index in [0.29, 0.717) is 5.56 Å². The number of aliphatic imine (C=N–C) groups is 1. The smallest absolute Gasteiger partial charge is 0.253 e. The molecule has 0 saturated carbocycles. The van der Waals surface area contributed by atoms with Crippen LogP contribution in [0.4, 0.5) is 0 Å². The van der Waals surface area contributed by atoms with Gasteiger partial charge in [-0.25, -0.2) is 4.79 Å². The lowest BCUT2D eigenvalue weighted by molar-refractivity contribution is 0.0827. The van der Waals surface area contributed by atoms with Crippen molar-refractivity contribution in [2.75, 3.05) is 14.1 Å². The van der Waals surface area contributed by atoms with Crippen molar-refractivity contribution < 1.29 is 9.59 Å². The summed E-state index contributed by atoms with van der Waals surface area (Å²) in [6.07, 6.45) is 1.56. The second-order valence-electron chi connectivity index (χ2n) is 4.54. The van der Waals surface area contributed by atoms with Crippen LogP contribution in [0.2, 0.25) is 0 Å². The number of hydrogen-bond acceptors (Lipinski definition) is 3. The summed E-state index contributed by atoms with van der Waals surface area (Å²) < 4.78 is 0. The Morgan fingerprint density at radius 1 is 1.24 bits per heavy atom. The van der Waals surface area contributed by atoms with E-state index in [2.05, 4.69) is 4.99 Å². The summed E-state index contributed by atoms with van der Waals surface area (Å²) in [5.74, 6) is -0.0479. The number of amides is 1. The third-order valence-corrected chi connectivity index (χ3v) is 2.57. The monoisotopic (exact) mass is 232 g/mol. The van der Waals surface area contributed by atoms with Crippen LogP contribution in [-0.4, -0.2) is 31.0 Å². The molecule has 0 aromatic heterocycles. The third kappa shape index (κ3) is 3.02. The zero-order valence-electron chi connectivity index (χ0n) is 10.5. The summed E-state index contributed by atoms with van der Waals surface area (Å²) in [6.45, 7) is 3.64. The first-order valence-corrected chi connectivity index (χ1v) is 5.29. The summed E-state index contributed by atoms with van der Waals surface area (Å²) >= 11 is 0. The van der Waals surface area contributed by atoms with Gasteiger partial charge in [0.15, 0.2) is 0 Å². The van der Waals surface area contributed by atoms with Gasteiger partial charge in [-0.2, -0.15) is 4.99 Å². The molecule has 0 radical (unpaired) electrons. The van der Waals surface area contributed by atoms with E-state index in [9.17, 15) is 9.59 Å². The molecule has 1 aromatic carbocycles. The Morgan fingerprint density at radius 3 is 2.18 bits per heavy atom. The molecule has 0 aliphatic rings. The Labute approximate surface area is 101 Å². The number of carbonyl (C=O) groups excluding carboxylic acids is 2. The van der Waals surface area contributed by atoms with Crippen molar-refractivity contribution in [3.05, 3.63) is 35.4 Å². The standard InChI is InChI=1S/C13H16N2O2/c1-13(2,14-9-16)11-7-5-10(6-8-11)12(17)15(3)4/h5-8H,1-4H3. The van der Waals surface area contributed by atoms with Crippen LogP contribution in [0, 0.1) is 0 Å². The third-order valence-electron chi connectivity index (χ3n) is 2.57. The van der Waals surface area contributed by atoms with E-state index >= 15 is 0 Å². The molecule has 4 nitrogen and oxygen atoms in total. The summed E-state index contributed by atoms with van der Waals surface area (Å²) in [4.78, 5) is 27.2. The summed E-state index contributed by atoms with van der Waals surface area (Å²) in [7, 11) is 3.41. The molecule has 1 rings (SSSR count). The molecular formula is C13H16N2O2. The number of carbonyl (C=O) groups is 1. The highest BCUT2D eigenvalue weighted by molar-refractivity contribution is 5.93. The first-order valence-electron chi connectivity index (χ1n) is 5.29. The number of isocyanates is 1. The molecule has 90 valence electrons. The van der Waals surface area contributed by atoms with Crippen molar-refractivity contribution in [2.45, 2.75) is 19.4 Å². The largest absolute Gasteiger partial charge is 0.345 e. The number of benzene rings is 1. The number of rotatable bonds is 3. The molecular weight excluding hydrogens is 216 g/mol. The fourth-order valence-electron chi connectivity index (χ4n) is 1.46. The minimum Gasteiger partial charge on any atom is -0.345 e. The number of hydrogen-bond donors (Lipinski definition) is 0. The zero-order chi connectivity index (χ0) is 13.1. The maximum Gasteiger partial charge on any atom is 0.253 e. The molecule has 0 bridgehead atoms. The predicted octanol–water partition coefficient (Wildman–Crippen LogP) is 1.96. The average molecular weight is 232 g/mol. The molecule has 0 aliphatic heterocycles. The summed E-state index contributed by atoms with van der Waals surface area (Å²) in [5.41, 5.74) is 0.877. The van der Waals surface area contributed by atoms with Gasteiger partial charge in [0.2, 0.25) is 6.08 Å². The first-order chi connectivity index (χ1) is 7.88. The molecule has 0 heterocycles. The highest BCUT2D eigenvalue weighted by atomic mass is 16.2. The molecule has 0 spiro atoms. The van der Waals surface area contributed by atoms with Crippen LogP contribution < -0.4 is 0 Å². The van der Waals surface area contributed by atoms with Gasteiger partial charge in [-0.15, -0.1) is 0 Å². The normalized spacial score (nSPS) is 10.6. The maximum absolute atomic E-state index is 11.7. The van der Waals surface area contributed by atoms with Crippen molar-refractivity contribution in [1.29, 1.82) is 0 Å². The molecule has 0 N–H and O–H groups in total. The molecule has 0 saturated heterocycles. The Balaban J connectivity index is 3.04. The van der Waals surface area contributed by atoms with Crippen LogP contribution in [0.3, 0.4) is 0 Å². The van der Waals surface area contributed by atoms with Crippen molar-refractivity contribution in [3.63, 3.8) is 0 Å². The lowest BCUT2D eigenvalue weighted by Gasteiger charge is -2.18. The van der Waals surface area contributed by atoms with Gasteiger partial charge in [0.25, 0.3) is 5.91 Å². The van der Waals surface area contributed by atoms with Crippen LogP contribution in [-0.2, 0) is 10.3 Å². The van der Waals surface area contributed by atoms with E-state index in [4.69, 9.17) is 0 Å². The van der Waals surface area contributed by atoms with E-state index in [1.54, 1.807) is 44.4 Å².